The number of carbonyl (C=O) groups excluding carboxylic acids is 1. The first kappa shape index (κ1) is 21.4. The Bertz CT molecular complexity index is 963. The fraction of sp³-hybridized carbons (Fsp3) is 0.542. The van der Waals surface area contributed by atoms with Gasteiger partial charge in [0.1, 0.15) is 12.3 Å². The molecule has 1 unspecified atom stereocenters. The first-order valence-electron chi connectivity index (χ1n) is 10.9. The second-order valence-corrected chi connectivity index (χ2v) is 9.38. The summed E-state index contributed by atoms with van der Waals surface area (Å²) in [5.74, 6) is 0.284. The van der Waals surface area contributed by atoms with Crippen LogP contribution in [0.15, 0.2) is 45.9 Å². The topological polar surface area (TPSA) is 93.6 Å². The Labute approximate surface area is 183 Å². The molecule has 1 aromatic rings. The number of nitriles is 1. The number of ether oxygens (including phenoxy) is 1. The zero-order valence-corrected chi connectivity index (χ0v) is 18.5. The average Bonchev–Trinajstić information content (AvgIpc) is 3.44. The van der Waals surface area contributed by atoms with Crippen LogP contribution in [-0.2, 0) is 4.74 Å². The average molecular weight is 423 g/mol. The number of carbonyl (C=O) groups is 1. The van der Waals surface area contributed by atoms with Gasteiger partial charge in [-0.3, -0.25) is 4.79 Å². The van der Waals surface area contributed by atoms with Gasteiger partial charge in [-0.2, -0.15) is 5.26 Å². The molecular weight excluding hydrogens is 392 g/mol. The Balaban J connectivity index is 1.54. The molecule has 1 aromatic heterocycles. The molecular formula is C24H30N4O3. The maximum absolute atomic E-state index is 12.7. The van der Waals surface area contributed by atoms with E-state index in [1.54, 1.807) is 6.07 Å². The van der Waals surface area contributed by atoms with Gasteiger partial charge in [0.15, 0.2) is 0 Å². The lowest BCUT2D eigenvalue weighted by Crippen LogP contribution is -2.52. The molecule has 3 aliphatic rings. The second-order valence-electron chi connectivity index (χ2n) is 9.38. The van der Waals surface area contributed by atoms with Crippen molar-refractivity contribution in [2.75, 3.05) is 26.2 Å². The molecule has 0 aromatic carbocycles. The molecule has 7 heteroatoms. The summed E-state index contributed by atoms with van der Waals surface area (Å²) < 4.78 is 11.0. The van der Waals surface area contributed by atoms with Crippen LogP contribution < -0.4 is 0 Å². The monoisotopic (exact) mass is 422 g/mol. The quantitative estimate of drug-likeness (QED) is 0.576. The highest BCUT2D eigenvalue weighted by atomic mass is 16.5. The summed E-state index contributed by atoms with van der Waals surface area (Å²) in [6.07, 6.45) is 7.63. The van der Waals surface area contributed by atoms with Gasteiger partial charge in [-0.1, -0.05) is 0 Å². The molecule has 0 spiro atoms. The van der Waals surface area contributed by atoms with E-state index in [4.69, 9.17) is 14.6 Å². The van der Waals surface area contributed by atoms with Gasteiger partial charge < -0.3 is 24.4 Å². The Kier molecular flexibility index (Phi) is 5.76. The first-order valence-corrected chi connectivity index (χ1v) is 10.9. The predicted molar refractivity (Wildman–Crippen MR) is 117 cm³/mol. The summed E-state index contributed by atoms with van der Waals surface area (Å²) in [6.45, 7) is 8.36. The van der Waals surface area contributed by atoms with Gasteiger partial charge in [-0.05, 0) is 45.3 Å². The molecule has 2 fully saturated rings. The molecule has 1 aliphatic carbocycles. The maximum atomic E-state index is 12.7. The van der Waals surface area contributed by atoms with Crippen LogP contribution in [-0.4, -0.2) is 59.3 Å². The van der Waals surface area contributed by atoms with Crippen LogP contribution in [0.5, 0.6) is 0 Å². The van der Waals surface area contributed by atoms with Crippen LogP contribution in [0.3, 0.4) is 0 Å². The molecule has 31 heavy (non-hydrogen) atoms. The van der Waals surface area contributed by atoms with Crippen LogP contribution in [0.1, 0.15) is 50.4 Å². The molecule has 3 heterocycles. The number of amides is 1. The number of piperazine rings is 1. The third kappa shape index (κ3) is 4.59. The maximum Gasteiger partial charge on any atom is 0.257 e. The Morgan fingerprint density at radius 1 is 1.32 bits per heavy atom. The van der Waals surface area contributed by atoms with Gasteiger partial charge in [0, 0.05) is 55.5 Å². The lowest BCUT2D eigenvalue weighted by molar-refractivity contribution is -0.0115. The van der Waals surface area contributed by atoms with E-state index in [-0.39, 0.29) is 17.6 Å². The van der Waals surface area contributed by atoms with Crippen molar-refractivity contribution in [2.24, 2.45) is 5.92 Å². The summed E-state index contributed by atoms with van der Waals surface area (Å²) in [7, 11) is 0. The standard InChI is InChI=1S/C24H30N4O3/c1-16-12-27(7-8-28(16)23(29)18-6-9-30-14-18)13-19(11-25)20-10-24(2,3)31-15-21(20)22(26)17-4-5-17/h6,9,13-14,16-17,26H,4-5,7-8,10,12,15H2,1-3H3/b19-13+,26-22?. The minimum atomic E-state index is -0.360. The number of hydrogen-bond donors (Lipinski definition) is 1. The number of hydrogen-bond acceptors (Lipinski definition) is 6. The molecule has 1 amide bonds. The van der Waals surface area contributed by atoms with Gasteiger partial charge in [0.25, 0.3) is 5.91 Å². The van der Waals surface area contributed by atoms with E-state index < -0.39 is 0 Å². The second kappa shape index (κ2) is 8.35. The van der Waals surface area contributed by atoms with E-state index in [2.05, 4.69) is 11.0 Å². The van der Waals surface area contributed by atoms with Crippen molar-refractivity contribution in [1.29, 1.82) is 10.7 Å². The van der Waals surface area contributed by atoms with E-state index in [1.807, 2.05) is 31.9 Å². The Hall–Kier alpha value is -2.85. The highest BCUT2D eigenvalue weighted by Gasteiger charge is 2.36. The fourth-order valence-corrected chi connectivity index (χ4v) is 4.37. The molecule has 7 nitrogen and oxygen atoms in total. The molecule has 0 bridgehead atoms. The molecule has 1 saturated heterocycles. The van der Waals surface area contributed by atoms with E-state index in [1.165, 1.54) is 12.5 Å². The summed E-state index contributed by atoms with van der Waals surface area (Å²) in [4.78, 5) is 16.7. The third-order valence-electron chi connectivity index (χ3n) is 6.33. The number of allylic oxidation sites excluding steroid dienone is 1. The van der Waals surface area contributed by atoms with Gasteiger partial charge >= 0.3 is 0 Å². The third-order valence-corrected chi connectivity index (χ3v) is 6.33. The molecule has 1 saturated carbocycles. The summed E-state index contributed by atoms with van der Waals surface area (Å²) in [5, 5.41) is 18.6. The van der Waals surface area contributed by atoms with Crippen molar-refractivity contribution in [1.82, 2.24) is 9.80 Å². The summed E-state index contributed by atoms with van der Waals surface area (Å²) in [6, 6.07) is 4.08. The SMILES string of the molecule is CC1CN(/C=C(\C#N)C2=C(C(=N)C3CC3)COC(C)(C)C2)CCN1C(=O)c1ccoc1. The number of nitrogens with zero attached hydrogens (tertiary/aromatic N) is 3. The lowest BCUT2D eigenvalue weighted by Gasteiger charge is -2.40. The zero-order chi connectivity index (χ0) is 22.2. The first-order chi connectivity index (χ1) is 14.8. The molecule has 4 rings (SSSR count). The largest absolute Gasteiger partial charge is 0.472 e. The van der Waals surface area contributed by atoms with Crippen molar-refractivity contribution < 1.29 is 13.9 Å². The lowest BCUT2D eigenvalue weighted by atomic mass is 9.85. The number of rotatable bonds is 5. The number of nitrogens with one attached hydrogen (secondary N) is 1. The van der Waals surface area contributed by atoms with E-state index in [9.17, 15) is 10.1 Å². The normalized spacial score (nSPS) is 24.2. The Morgan fingerprint density at radius 2 is 2.10 bits per heavy atom. The van der Waals surface area contributed by atoms with Crippen molar-refractivity contribution in [3.63, 3.8) is 0 Å². The van der Waals surface area contributed by atoms with Crippen molar-refractivity contribution in [3.8, 4) is 6.07 Å². The summed E-state index contributed by atoms with van der Waals surface area (Å²) in [5.41, 5.74) is 3.28. The number of furan rings is 1. The van der Waals surface area contributed by atoms with Crippen molar-refractivity contribution in [3.05, 3.63) is 47.1 Å². The minimum Gasteiger partial charge on any atom is -0.472 e. The summed E-state index contributed by atoms with van der Waals surface area (Å²) >= 11 is 0. The molecule has 1 atom stereocenters. The van der Waals surface area contributed by atoms with Gasteiger partial charge in [-0.15, -0.1) is 0 Å². The van der Waals surface area contributed by atoms with Crippen LogP contribution in [0.25, 0.3) is 0 Å². The van der Waals surface area contributed by atoms with E-state index >= 15 is 0 Å². The van der Waals surface area contributed by atoms with E-state index in [0.717, 1.165) is 24.0 Å². The van der Waals surface area contributed by atoms with Crippen LogP contribution in [0.2, 0.25) is 0 Å². The van der Waals surface area contributed by atoms with Crippen molar-refractivity contribution >= 4 is 11.6 Å². The van der Waals surface area contributed by atoms with Crippen LogP contribution in [0.4, 0.5) is 0 Å². The molecule has 164 valence electrons. The van der Waals surface area contributed by atoms with Gasteiger partial charge in [0.05, 0.1) is 29.6 Å². The fourth-order valence-electron chi connectivity index (χ4n) is 4.37. The van der Waals surface area contributed by atoms with Crippen molar-refractivity contribution in [2.45, 2.75) is 51.7 Å². The van der Waals surface area contributed by atoms with Crippen LogP contribution >= 0.6 is 0 Å². The predicted octanol–water partition coefficient (Wildman–Crippen LogP) is 3.76. The highest BCUT2D eigenvalue weighted by molar-refractivity contribution is 6.02. The highest BCUT2D eigenvalue weighted by Crippen LogP contribution is 2.39. The zero-order valence-electron chi connectivity index (χ0n) is 18.5. The Morgan fingerprint density at radius 3 is 2.71 bits per heavy atom. The van der Waals surface area contributed by atoms with Gasteiger partial charge in [-0.25, -0.2) is 0 Å². The molecule has 1 N–H and O–H groups in total. The minimum absolute atomic E-state index is 0.0108. The van der Waals surface area contributed by atoms with Crippen LogP contribution in [0, 0.1) is 22.7 Å². The molecule has 0 radical (unpaired) electrons. The van der Waals surface area contributed by atoms with E-state index in [0.29, 0.717) is 55.4 Å². The smallest absolute Gasteiger partial charge is 0.257 e. The molecule has 2 aliphatic heterocycles. The van der Waals surface area contributed by atoms with Gasteiger partial charge in [0.2, 0.25) is 0 Å².